The fourth-order valence-electron chi connectivity index (χ4n) is 2.91. The van der Waals surface area contributed by atoms with E-state index in [4.69, 9.17) is 4.52 Å². The van der Waals surface area contributed by atoms with Crippen LogP contribution < -0.4 is 5.32 Å². The van der Waals surface area contributed by atoms with E-state index in [-0.39, 0.29) is 23.8 Å². The Kier molecular flexibility index (Phi) is 5.31. The number of benzene rings is 1. The number of amides is 2. The van der Waals surface area contributed by atoms with E-state index in [0.29, 0.717) is 23.8 Å². The molecule has 2 aromatic rings. The highest BCUT2D eigenvalue weighted by Gasteiger charge is 2.29. The largest absolute Gasteiger partial charge is 0.339 e. The van der Waals surface area contributed by atoms with Gasteiger partial charge in [0, 0.05) is 24.7 Å². The van der Waals surface area contributed by atoms with E-state index in [1.165, 1.54) is 12.1 Å². The molecule has 1 fully saturated rings. The van der Waals surface area contributed by atoms with Gasteiger partial charge in [0.1, 0.15) is 5.82 Å². The zero-order chi connectivity index (χ0) is 17.8. The average molecular weight is 346 g/mol. The number of rotatable bonds is 4. The van der Waals surface area contributed by atoms with E-state index in [9.17, 15) is 9.18 Å². The highest BCUT2D eigenvalue weighted by molar-refractivity contribution is 5.74. The summed E-state index contributed by atoms with van der Waals surface area (Å²) in [5, 5.41) is 6.95. The molecule has 0 saturated carbocycles. The number of piperidine rings is 1. The maximum absolute atomic E-state index is 13.4. The maximum atomic E-state index is 13.4. The SMILES string of the molecule is CCC(C)NC(=O)N1CCCC(c2nc(-c3cccc(F)c3)no2)C1. The van der Waals surface area contributed by atoms with Gasteiger partial charge in [0.2, 0.25) is 11.7 Å². The van der Waals surface area contributed by atoms with Crippen LogP contribution in [0.25, 0.3) is 11.4 Å². The summed E-state index contributed by atoms with van der Waals surface area (Å²) in [6.45, 7) is 5.30. The molecular formula is C18H23FN4O2. The van der Waals surface area contributed by atoms with Gasteiger partial charge in [-0.25, -0.2) is 9.18 Å². The number of carbonyl (C=O) groups is 1. The number of aromatic nitrogens is 2. The van der Waals surface area contributed by atoms with Gasteiger partial charge in [0.25, 0.3) is 0 Å². The molecule has 134 valence electrons. The topological polar surface area (TPSA) is 71.3 Å². The Morgan fingerprint density at radius 1 is 1.52 bits per heavy atom. The number of carbonyl (C=O) groups excluding carboxylic acids is 1. The molecule has 0 aliphatic carbocycles. The van der Waals surface area contributed by atoms with Crippen molar-refractivity contribution in [2.24, 2.45) is 0 Å². The summed E-state index contributed by atoms with van der Waals surface area (Å²) in [6, 6.07) is 6.20. The lowest BCUT2D eigenvalue weighted by atomic mass is 9.98. The van der Waals surface area contributed by atoms with Gasteiger partial charge in [-0.2, -0.15) is 4.98 Å². The van der Waals surface area contributed by atoms with Crippen molar-refractivity contribution in [2.75, 3.05) is 13.1 Å². The molecule has 1 aromatic carbocycles. The lowest BCUT2D eigenvalue weighted by molar-refractivity contribution is 0.169. The van der Waals surface area contributed by atoms with E-state index in [2.05, 4.69) is 15.5 Å². The van der Waals surface area contributed by atoms with Crippen LogP contribution in [0.5, 0.6) is 0 Å². The second-order valence-electron chi connectivity index (χ2n) is 6.51. The summed E-state index contributed by atoms with van der Waals surface area (Å²) < 4.78 is 18.7. The Balaban J connectivity index is 1.69. The van der Waals surface area contributed by atoms with Crippen molar-refractivity contribution < 1.29 is 13.7 Å². The van der Waals surface area contributed by atoms with Crippen LogP contribution in [0.1, 0.15) is 44.9 Å². The Hall–Kier alpha value is -2.44. The van der Waals surface area contributed by atoms with Gasteiger partial charge in [0.05, 0.1) is 5.92 Å². The lowest BCUT2D eigenvalue weighted by Gasteiger charge is -2.31. The molecular weight excluding hydrogens is 323 g/mol. The number of likely N-dealkylation sites (tertiary alicyclic amines) is 1. The van der Waals surface area contributed by atoms with Gasteiger partial charge in [0.15, 0.2) is 0 Å². The van der Waals surface area contributed by atoms with Gasteiger partial charge in [-0.05, 0) is 38.3 Å². The van der Waals surface area contributed by atoms with Crippen LogP contribution in [0.4, 0.5) is 9.18 Å². The third-order valence-corrected chi connectivity index (χ3v) is 4.56. The predicted molar refractivity (Wildman–Crippen MR) is 91.5 cm³/mol. The van der Waals surface area contributed by atoms with Crippen LogP contribution in [0.3, 0.4) is 0 Å². The summed E-state index contributed by atoms with van der Waals surface area (Å²) in [5.41, 5.74) is 0.581. The van der Waals surface area contributed by atoms with Gasteiger partial charge < -0.3 is 14.7 Å². The molecule has 0 spiro atoms. The van der Waals surface area contributed by atoms with Crippen LogP contribution in [-0.2, 0) is 0 Å². The third-order valence-electron chi connectivity index (χ3n) is 4.56. The molecule has 0 bridgehead atoms. The molecule has 1 aliphatic rings. The Bertz CT molecular complexity index is 733. The zero-order valence-corrected chi connectivity index (χ0v) is 14.5. The van der Waals surface area contributed by atoms with E-state index in [1.54, 1.807) is 17.0 Å². The van der Waals surface area contributed by atoms with E-state index in [0.717, 1.165) is 25.8 Å². The second-order valence-corrected chi connectivity index (χ2v) is 6.51. The monoisotopic (exact) mass is 346 g/mol. The quantitative estimate of drug-likeness (QED) is 0.919. The molecule has 7 heteroatoms. The fourth-order valence-corrected chi connectivity index (χ4v) is 2.91. The summed E-state index contributed by atoms with van der Waals surface area (Å²) in [6.07, 6.45) is 2.66. The third kappa shape index (κ3) is 4.15. The number of nitrogens with one attached hydrogen (secondary N) is 1. The first-order chi connectivity index (χ1) is 12.1. The van der Waals surface area contributed by atoms with Gasteiger partial charge in [-0.15, -0.1) is 0 Å². The van der Waals surface area contributed by atoms with Crippen LogP contribution in [0, 0.1) is 5.82 Å². The number of halogens is 1. The van der Waals surface area contributed by atoms with Crippen molar-refractivity contribution in [3.8, 4) is 11.4 Å². The standard InChI is InChI=1S/C18H23FN4O2/c1-3-12(2)20-18(24)23-9-5-7-14(11-23)17-21-16(22-25-17)13-6-4-8-15(19)10-13/h4,6,8,10,12,14H,3,5,7,9,11H2,1-2H3,(H,20,24). The smallest absolute Gasteiger partial charge is 0.317 e. The fraction of sp³-hybridized carbons (Fsp3) is 0.500. The Morgan fingerprint density at radius 2 is 2.36 bits per heavy atom. The van der Waals surface area contributed by atoms with Gasteiger partial charge >= 0.3 is 6.03 Å². The molecule has 2 amide bonds. The van der Waals surface area contributed by atoms with E-state index < -0.39 is 0 Å². The molecule has 1 saturated heterocycles. The van der Waals surface area contributed by atoms with Crippen molar-refractivity contribution in [3.05, 3.63) is 36.0 Å². The molecule has 1 aromatic heterocycles. The van der Waals surface area contributed by atoms with Crippen molar-refractivity contribution in [3.63, 3.8) is 0 Å². The predicted octanol–water partition coefficient (Wildman–Crippen LogP) is 3.56. The first kappa shape index (κ1) is 17.4. The minimum absolute atomic E-state index is 0.00578. The minimum atomic E-state index is -0.339. The summed E-state index contributed by atoms with van der Waals surface area (Å²) in [4.78, 5) is 18.5. The van der Waals surface area contributed by atoms with Crippen molar-refractivity contribution >= 4 is 6.03 Å². The van der Waals surface area contributed by atoms with Gasteiger partial charge in [-0.3, -0.25) is 0 Å². The molecule has 25 heavy (non-hydrogen) atoms. The number of urea groups is 1. The molecule has 1 aliphatic heterocycles. The number of hydrogen-bond donors (Lipinski definition) is 1. The molecule has 2 heterocycles. The number of hydrogen-bond acceptors (Lipinski definition) is 4. The van der Waals surface area contributed by atoms with Crippen molar-refractivity contribution in [1.82, 2.24) is 20.4 Å². The average Bonchev–Trinajstić information content (AvgIpc) is 3.12. The lowest BCUT2D eigenvalue weighted by Crippen LogP contribution is -2.47. The molecule has 2 atom stereocenters. The highest BCUT2D eigenvalue weighted by Crippen LogP contribution is 2.27. The molecule has 1 N–H and O–H groups in total. The first-order valence-corrected chi connectivity index (χ1v) is 8.71. The second kappa shape index (κ2) is 7.63. The van der Waals surface area contributed by atoms with Crippen molar-refractivity contribution in [1.29, 1.82) is 0 Å². The normalized spacial score (nSPS) is 18.8. The van der Waals surface area contributed by atoms with Crippen LogP contribution in [0.2, 0.25) is 0 Å². The Morgan fingerprint density at radius 3 is 3.12 bits per heavy atom. The van der Waals surface area contributed by atoms with Crippen LogP contribution in [0.15, 0.2) is 28.8 Å². The molecule has 0 radical (unpaired) electrons. The first-order valence-electron chi connectivity index (χ1n) is 8.71. The Labute approximate surface area is 146 Å². The summed E-state index contributed by atoms with van der Waals surface area (Å²) >= 11 is 0. The van der Waals surface area contributed by atoms with Crippen molar-refractivity contribution in [2.45, 2.75) is 45.1 Å². The van der Waals surface area contributed by atoms with E-state index >= 15 is 0 Å². The maximum Gasteiger partial charge on any atom is 0.317 e. The molecule has 6 nitrogen and oxygen atoms in total. The zero-order valence-electron chi connectivity index (χ0n) is 14.5. The molecule has 2 unspecified atom stereocenters. The highest BCUT2D eigenvalue weighted by atomic mass is 19.1. The van der Waals surface area contributed by atoms with Crippen LogP contribution >= 0.6 is 0 Å². The minimum Gasteiger partial charge on any atom is -0.339 e. The van der Waals surface area contributed by atoms with Crippen LogP contribution in [-0.4, -0.2) is 40.2 Å². The summed E-state index contributed by atoms with van der Waals surface area (Å²) in [5.74, 6) is 0.539. The van der Waals surface area contributed by atoms with E-state index in [1.807, 2.05) is 13.8 Å². The van der Waals surface area contributed by atoms with Gasteiger partial charge in [-0.1, -0.05) is 24.2 Å². The summed E-state index contributed by atoms with van der Waals surface area (Å²) in [7, 11) is 0. The molecule has 3 rings (SSSR count). The number of nitrogens with zero attached hydrogens (tertiary/aromatic N) is 3.